The summed E-state index contributed by atoms with van der Waals surface area (Å²) in [5.41, 5.74) is 3.12. The Bertz CT molecular complexity index is 1150. The zero-order valence-corrected chi connectivity index (χ0v) is 17.9. The van der Waals surface area contributed by atoms with Crippen LogP contribution in [0.4, 0.5) is 0 Å². The van der Waals surface area contributed by atoms with Gasteiger partial charge in [0.05, 0.1) is 13.8 Å². The predicted molar refractivity (Wildman–Crippen MR) is 120 cm³/mol. The van der Waals surface area contributed by atoms with Crippen LogP contribution in [0.5, 0.6) is 0 Å². The first-order chi connectivity index (χ1) is 12.7. The highest BCUT2D eigenvalue weighted by Gasteiger charge is 2.22. The van der Waals surface area contributed by atoms with E-state index < -0.39 is 14.0 Å². The van der Waals surface area contributed by atoms with Gasteiger partial charge >= 0.3 is 0 Å². The molecule has 0 unspecified atom stereocenters. The van der Waals surface area contributed by atoms with E-state index in [0.717, 1.165) is 11.3 Å². The van der Waals surface area contributed by atoms with Gasteiger partial charge in [-0.15, -0.1) is 11.3 Å². The Balaban J connectivity index is 2.01. The zero-order chi connectivity index (χ0) is 19.4. The molecule has 4 rings (SSSR count). The van der Waals surface area contributed by atoms with Crippen LogP contribution >= 0.6 is 11.3 Å². The van der Waals surface area contributed by atoms with E-state index in [4.69, 9.17) is 1.37 Å². The number of benzene rings is 2. The third kappa shape index (κ3) is 2.89. The lowest BCUT2D eigenvalue weighted by atomic mass is 10.0. The van der Waals surface area contributed by atoms with Gasteiger partial charge in [0, 0.05) is 33.3 Å². The fourth-order valence-electron chi connectivity index (χ4n) is 3.50. The second-order valence-corrected chi connectivity index (χ2v) is 14.2. The number of fused-ring (bicyclic) bond motifs is 3. The Morgan fingerprint density at radius 3 is 2.35 bits per heavy atom. The van der Waals surface area contributed by atoms with Crippen molar-refractivity contribution < 1.29 is 1.37 Å². The highest BCUT2D eigenvalue weighted by molar-refractivity contribution is 7.28. The first-order valence-electron chi connectivity index (χ1n) is 9.58. The molecule has 0 atom stereocenters. The van der Waals surface area contributed by atoms with Gasteiger partial charge in [0.2, 0.25) is 0 Å². The van der Waals surface area contributed by atoms with Gasteiger partial charge < -0.3 is 0 Å². The average molecular weight is 377 g/mol. The highest BCUT2D eigenvalue weighted by Crippen LogP contribution is 2.39. The Labute approximate surface area is 162 Å². The van der Waals surface area contributed by atoms with Gasteiger partial charge in [-0.1, -0.05) is 69.9 Å². The molecule has 0 saturated heterocycles. The molecular formula is C23H25NSSi. The smallest absolute Gasteiger partial charge is 0.0794 e. The maximum absolute atomic E-state index is 8.36. The standard InChI is InChI=1S/C23H25NSSi/c1-15(2)16-12-13-24-20(14-16)19-10-6-8-17-18-9-7-11-21(26(3,4)5)23(18)25-22(17)19/h6-15H,1-5H3/i15D. The minimum Gasteiger partial charge on any atom is -0.256 e. The molecule has 0 N–H and O–H groups in total. The third-order valence-electron chi connectivity index (χ3n) is 4.95. The van der Waals surface area contributed by atoms with E-state index in [2.05, 4.69) is 67.1 Å². The minimum atomic E-state index is -1.42. The van der Waals surface area contributed by atoms with Gasteiger partial charge in [0.1, 0.15) is 0 Å². The summed E-state index contributed by atoms with van der Waals surface area (Å²) >= 11 is 1.90. The van der Waals surface area contributed by atoms with E-state index in [0.29, 0.717) is 0 Å². The topological polar surface area (TPSA) is 12.9 Å². The summed E-state index contributed by atoms with van der Waals surface area (Å²) in [6.07, 6.45) is 1.83. The number of nitrogens with zero attached hydrogens (tertiary/aromatic N) is 1. The molecule has 0 aliphatic rings. The Hall–Kier alpha value is -1.97. The molecule has 132 valence electrons. The van der Waals surface area contributed by atoms with Crippen LogP contribution in [0.2, 0.25) is 19.6 Å². The number of pyridine rings is 1. The van der Waals surface area contributed by atoms with Gasteiger partial charge in [-0.05, 0) is 28.8 Å². The van der Waals surface area contributed by atoms with Crippen molar-refractivity contribution in [3.63, 3.8) is 0 Å². The van der Waals surface area contributed by atoms with Crippen molar-refractivity contribution in [2.24, 2.45) is 0 Å². The molecular weight excluding hydrogens is 350 g/mol. The highest BCUT2D eigenvalue weighted by atomic mass is 32.1. The molecule has 2 aromatic heterocycles. The predicted octanol–water partition coefficient (Wildman–Crippen LogP) is 6.79. The molecule has 0 aliphatic heterocycles. The quantitative estimate of drug-likeness (QED) is 0.359. The molecule has 2 aromatic carbocycles. The zero-order valence-electron chi connectivity index (χ0n) is 17.1. The van der Waals surface area contributed by atoms with Gasteiger partial charge in [-0.3, -0.25) is 4.98 Å². The average Bonchev–Trinajstić information content (AvgIpc) is 2.99. The van der Waals surface area contributed by atoms with E-state index in [1.807, 2.05) is 37.4 Å². The SMILES string of the molecule is [2H]C(C)(C)c1ccnc(-c2cccc3c2sc2c([Si](C)(C)C)cccc23)c1. The van der Waals surface area contributed by atoms with Crippen LogP contribution in [-0.4, -0.2) is 13.1 Å². The van der Waals surface area contributed by atoms with Crippen LogP contribution in [0.1, 0.15) is 26.7 Å². The molecule has 0 radical (unpaired) electrons. The van der Waals surface area contributed by atoms with Crippen LogP contribution in [0.25, 0.3) is 31.4 Å². The van der Waals surface area contributed by atoms with Crippen LogP contribution in [0, 0.1) is 0 Å². The van der Waals surface area contributed by atoms with Crippen molar-refractivity contribution in [2.75, 3.05) is 0 Å². The second kappa shape index (κ2) is 6.33. The molecule has 4 aromatic rings. The minimum absolute atomic E-state index is 0.628. The second-order valence-electron chi connectivity index (χ2n) is 8.15. The summed E-state index contributed by atoms with van der Waals surface area (Å²) in [4.78, 5) is 4.65. The van der Waals surface area contributed by atoms with E-state index >= 15 is 0 Å². The summed E-state index contributed by atoms with van der Waals surface area (Å²) in [6, 6.07) is 17.3. The van der Waals surface area contributed by atoms with Crippen molar-refractivity contribution in [2.45, 2.75) is 39.4 Å². The summed E-state index contributed by atoms with van der Waals surface area (Å²) in [6.45, 7) is 11.1. The van der Waals surface area contributed by atoms with E-state index in [-0.39, 0.29) is 0 Å². The Kier molecular flexibility index (Phi) is 3.95. The van der Waals surface area contributed by atoms with Gasteiger partial charge in [-0.25, -0.2) is 0 Å². The lowest BCUT2D eigenvalue weighted by Gasteiger charge is -2.17. The summed E-state index contributed by atoms with van der Waals surface area (Å²) in [7, 11) is -1.42. The molecule has 0 bridgehead atoms. The molecule has 0 amide bonds. The molecule has 2 heterocycles. The number of hydrogen-bond acceptors (Lipinski definition) is 2. The lowest BCUT2D eigenvalue weighted by molar-refractivity contribution is 0.864. The van der Waals surface area contributed by atoms with Crippen molar-refractivity contribution in [1.29, 1.82) is 0 Å². The fourth-order valence-corrected chi connectivity index (χ4v) is 7.23. The molecule has 0 saturated carbocycles. The molecule has 0 spiro atoms. The molecule has 1 nitrogen and oxygen atoms in total. The molecule has 0 aliphatic carbocycles. The van der Waals surface area contributed by atoms with Crippen LogP contribution in [-0.2, 0) is 0 Å². The molecule has 0 fully saturated rings. The van der Waals surface area contributed by atoms with Gasteiger partial charge in [0.15, 0.2) is 0 Å². The summed E-state index contributed by atoms with van der Waals surface area (Å²) < 4.78 is 11.1. The normalized spacial score (nSPS) is 13.3. The third-order valence-corrected chi connectivity index (χ3v) is 8.45. The Morgan fingerprint density at radius 1 is 0.962 bits per heavy atom. The summed E-state index contributed by atoms with van der Waals surface area (Å²) in [5.74, 6) is -0.628. The summed E-state index contributed by atoms with van der Waals surface area (Å²) in [5, 5.41) is 4.19. The van der Waals surface area contributed by atoms with Crippen LogP contribution in [0.3, 0.4) is 0 Å². The van der Waals surface area contributed by atoms with Crippen molar-refractivity contribution >= 4 is 44.8 Å². The fraction of sp³-hybridized carbons (Fsp3) is 0.261. The monoisotopic (exact) mass is 376 g/mol. The largest absolute Gasteiger partial charge is 0.256 e. The molecule has 26 heavy (non-hydrogen) atoms. The maximum Gasteiger partial charge on any atom is 0.0794 e. The van der Waals surface area contributed by atoms with Crippen molar-refractivity contribution in [3.8, 4) is 11.3 Å². The van der Waals surface area contributed by atoms with E-state index in [1.54, 1.807) is 0 Å². The lowest BCUT2D eigenvalue weighted by Crippen LogP contribution is -2.37. The van der Waals surface area contributed by atoms with E-state index in [9.17, 15) is 0 Å². The molecule has 3 heteroatoms. The number of thiophene rings is 1. The Morgan fingerprint density at radius 2 is 1.65 bits per heavy atom. The number of hydrogen-bond donors (Lipinski definition) is 0. The number of rotatable bonds is 3. The van der Waals surface area contributed by atoms with Crippen molar-refractivity contribution in [3.05, 3.63) is 60.3 Å². The van der Waals surface area contributed by atoms with Gasteiger partial charge in [0.25, 0.3) is 0 Å². The van der Waals surface area contributed by atoms with Gasteiger partial charge in [-0.2, -0.15) is 0 Å². The van der Waals surface area contributed by atoms with Crippen LogP contribution < -0.4 is 5.19 Å². The van der Waals surface area contributed by atoms with Crippen LogP contribution in [0.15, 0.2) is 54.7 Å². The first kappa shape index (κ1) is 16.2. The van der Waals surface area contributed by atoms with Crippen molar-refractivity contribution in [1.82, 2.24) is 4.98 Å². The first-order valence-corrected chi connectivity index (χ1v) is 13.4. The van der Waals surface area contributed by atoms with E-state index in [1.165, 1.54) is 30.9 Å². The number of aromatic nitrogens is 1. The maximum atomic E-state index is 8.36.